The third-order valence-corrected chi connectivity index (χ3v) is 4.03. The predicted octanol–water partition coefficient (Wildman–Crippen LogP) is 2.28. The van der Waals surface area contributed by atoms with Crippen molar-refractivity contribution in [3.63, 3.8) is 0 Å². The van der Waals surface area contributed by atoms with Gasteiger partial charge >= 0.3 is 0 Å². The van der Waals surface area contributed by atoms with Crippen LogP contribution in [0.25, 0.3) is 0 Å². The van der Waals surface area contributed by atoms with Crippen molar-refractivity contribution < 1.29 is 12.8 Å². The third kappa shape index (κ3) is 3.26. The molecule has 0 saturated heterocycles. The van der Waals surface area contributed by atoms with E-state index in [2.05, 4.69) is 14.8 Å². The van der Waals surface area contributed by atoms with Gasteiger partial charge in [0.15, 0.2) is 0 Å². The first-order valence-corrected chi connectivity index (χ1v) is 7.65. The molecule has 9 heteroatoms. The average molecular weight is 319 g/mol. The number of pyridine rings is 1. The molecule has 20 heavy (non-hydrogen) atoms. The monoisotopic (exact) mass is 318 g/mol. The molecule has 0 aliphatic rings. The van der Waals surface area contributed by atoms with Crippen molar-refractivity contribution in [2.45, 2.75) is 24.8 Å². The Morgan fingerprint density at radius 3 is 2.85 bits per heavy atom. The number of sulfonamides is 1. The van der Waals surface area contributed by atoms with Crippen LogP contribution in [0.2, 0.25) is 5.02 Å². The van der Waals surface area contributed by atoms with Crippen molar-refractivity contribution in [3.05, 3.63) is 35.6 Å². The highest BCUT2D eigenvalue weighted by atomic mass is 35.5. The van der Waals surface area contributed by atoms with E-state index in [1.807, 2.05) is 6.92 Å². The van der Waals surface area contributed by atoms with Gasteiger partial charge < -0.3 is 0 Å². The van der Waals surface area contributed by atoms with Gasteiger partial charge in [-0.1, -0.05) is 18.5 Å². The molecular weight excluding hydrogens is 307 g/mol. The maximum Gasteiger partial charge on any atom is 0.263 e. The zero-order valence-electron chi connectivity index (χ0n) is 10.5. The molecule has 0 radical (unpaired) electrons. The highest BCUT2D eigenvalue weighted by Crippen LogP contribution is 2.19. The van der Waals surface area contributed by atoms with Crippen LogP contribution in [0, 0.1) is 5.95 Å². The Bertz CT molecular complexity index is 717. The first kappa shape index (κ1) is 14.7. The predicted molar refractivity (Wildman–Crippen MR) is 72.5 cm³/mol. The van der Waals surface area contributed by atoms with Crippen LogP contribution in [0.4, 0.5) is 10.1 Å². The maximum atomic E-state index is 12.9. The van der Waals surface area contributed by atoms with Gasteiger partial charge in [-0.3, -0.25) is 9.40 Å². The molecule has 0 aliphatic carbocycles. The smallest absolute Gasteiger partial charge is 0.263 e. The van der Waals surface area contributed by atoms with Crippen LogP contribution < -0.4 is 4.72 Å². The van der Waals surface area contributed by atoms with Gasteiger partial charge in [0.2, 0.25) is 5.95 Å². The minimum absolute atomic E-state index is 0.216. The third-order valence-electron chi connectivity index (χ3n) is 2.42. The Hall–Kier alpha value is -1.67. The number of aryl methyl sites for hydroxylation is 1. The van der Waals surface area contributed by atoms with Gasteiger partial charge in [-0.15, -0.1) is 0 Å². The van der Waals surface area contributed by atoms with Gasteiger partial charge in [0.1, 0.15) is 4.90 Å². The van der Waals surface area contributed by atoms with E-state index in [4.69, 9.17) is 11.6 Å². The van der Waals surface area contributed by atoms with E-state index in [0.29, 0.717) is 12.2 Å². The molecule has 108 valence electrons. The van der Waals surface area contributed by atoms with Gasteiger partial charge in [0, 0.05) is 12.7 Å². The molecule has 0 unspecified atom stereocenters. The maximum absolute atomic E-state index is 12.9. The van der Waals surface area contributed by atoms with Gasteiger partial charge in [-0.05, 0) is 12.5 Å². The molecule has 1 N–H and O–H groups in total. The van der Waals surface area contributed by atoms with Crippen LogP contribution in [0.15, 0.2) is 29.6 Å². The summed E-state index contributed by atoms with van der Waals surface area (Å²) in [7, 11) is -3.87. The lowest BCUT2D eigenvalue weighted by molar-refractivity contribution is 0.578. The molecule has 0 bridgehead atoms. The molecule has 0 amide bonds. The van der Waals surface area contributed by atoms with Crippen LogP contribution in [0.5, 0.6) is 0 Å². The fourth-order valence-electron chi connectivity index (χ4n) is 1.53. The Morgan fingerprint density at radius 1 is 1.45 bits per heavy atom. The van der Waals surface area contributed by atoms with E-state index in [-0.39, 0.29) is 9.92 Å². The molecule has 0 saturated carbocycles. The Morgan fingerprint density at radius 2 is 2.20 bits per heavy atom. The van der Waals surface area contributed by atoms with Crippen molar-refractivity contribution >= 4 is 27.3 Å². The molecule has 2 heterocycles. The summed E-state index contributed by atoms with van der Waals surface area (Å²) in [6, 6.07) is 1.00. The van der Waals surface area contributed by atoms with Crippen LogP contribution >= 0.6 is 11.6 Å². The number of anilines is 1. The van der Waals surface area contributed by atoms with Gasteiger partial charge in [-0.25, -0.2) is 13.4 Å². The molecule has 2 rings (SSSR count). The standard InChI is InChI=1S/C11H12ClFN4O2S/c1-2-3-17-7-8(5-15-17)16-20(18,19)9-4-10(12)11(13)14-6-9/h4-7,16H,2-3H2,1H3. The summed E-state index contributed by atoms with van der Waals surface area (Å²) >= 11 is 5.52. The quantitative estimate of drug-likeness (QED) is 0.858. The molecule has 6 nitrogen and oxygen atoms in total. The van der Waals surface area contributed by atoms with E-state index in [0.717, 1.165) is 18.7 Å². The minimum Gasteiger partial charge on any atom is -0.276 e. The van der Waals surface area contributed by atoms with Crippen molar-refractivity contribution in [2.24, 2.45) is 0 Å². The number of rotatable bonds is 5. The summed E-state index contributed by atoms with van der Waals surface area (Å²) in [5, 5.41) is 3.65. The van der Waals surface area contributed by atoms with Crippen molar-refractivity contribution in [2.75, 3.05) is 4.72 Å². The van der Waals surface area contributed by atoms with Crippen LogP contribution in [0.3, 0.4) is 0 Å². The summed E-state index contributed by atoms with van der Waals surface area (Å²) in [6.45, 7) is 2.67. The number of halogens is 2. The van der Waals surface area contributed by atoms with Gasteiger partial charge in [0.05, 0.1) is 23.1 Å². The first-order valence-electron chi connectivity index (χ1n) is 5.78. The van der Waals surface area contributed by atoms with E-state index >= 15 is 0 Å². The summed E-state index contributed by atoms with van der Waals surface area (Å²) in [6.07, 6.45) is 4.75. The van der Waals surface area contributed by atoms with Crippen LogP contribution in [-0.2, 0) is 16.6 Å². The van der Waals surface area contributed by atoms with Crippen LogP contribution in [-0.4, -0.2) is 23.2 Å². The number of hydrogen-bond acceptors (Lipinski definition) is 4. The van der Waals surface area contributed by atoms with Crippen molar-refractivity contribution in [1.29, 1.82) is 0 Å². The zero-order valence-corrected chi connectivity index (χ0v) is 12.1. The molecule has 0 fully saturated rings. The molecule has 0 atom stereocenters. The highest BCUT2D eigenvalue weighted by Gasteiger charge is 2.17. The average Bonchev–Trinajstić information content (AvgIpc) is 2.79. The second-order valence-corrected chi connectivity index (χ2v) is 6.13. The van der Waals surface area contributed by atoms with E-state index in [1.165, 1.54) is 6.20 Å². The highest BCUT2D eigenvalue weighted by molar-refractivity contribution is 7.92. The molecular formula is C11H12ClFN4O2S. The Kier molecular flexibility index (Phi) is 4.24. The fraction of sp³-hybridized carbons (Fsp3) is 0.273. The first-order chi connectivity index (χ1) is 9.42. The molecule has 2 aromatic heterocycles. The lowest BCUT2D eigenvalue weighted by atomic mass is 10.5. The minimum atomic E-state index is -3.87. The normalized spacial score (nSPS) is 11.6. The number of nitrogens with zero attached hydrogens (tertiary/aromatic N) is 3. The van der Waals surface area contributed by atoms with E-state index in [9.17, 15) is 12.8 Å². The zero-order chi connectivity index (χ0) is 14.8. The second-order valence-electron chi connectivity index (χ2n) is 4.04. The molecule has 2 aromatic rings. The van der Waals surface area contributed by atoms with E-state index in [1.54, 1.807) is 10.9 Å². The topological polar surface area (TPSA) is 76.9 Å². The lowest BCUT2D eigenvalue weighted by Crippen LogP contribution is -2.13. The van der Waals surface area contributed by atoms with E-state index < -0.39 is 16.0 Å². The Labute approximate surface area is 120 Å². The summed E-state index contributed by atoms with van der Waals surface area (Å²) in [4.78, 5) is 3.07. The van der Waals surface area contributed by atoms with Crippen molar-refractivity contribution in [3.8, 4) is 0 Å². The SMILES string of the molecule is CCCn1cc(NS(=O)(=O)c2cnc(F)c(Cl)c2)cn1. The summed E-state index contributed by atoms with van der Waals surface area (Å²) < 4.78 is 41.0. The summed E-state index contributed by atoms with van der Waals surface area (Å²) in [5.74, 6) is -0.915. The Balaban J connectivity index is 2.23. The second kappa shape index (κ2) is 5.76. The molecule has 0 aliphatic heterocycles. The molecule has 0 spiro atoms. The lowest BCUT2D eigenvalue weighted by Gasteiger charge is -2.05. The van der Waals surface area contributed by atoms with Gasteiger partial charge in [-0.2, -0.15) is 9.49 Å². The number of nitrogens with one attached hydrogen (secondary N) is 1. The molecule has 0 aromatic carbocycles. The largest absolute Gasteiger partial charge is 0.276 e. The van der Waals surface area contributed by atoms with Crippen LogP contribution in [0.1, 0.15) is 13.3 Å². The number of hydrogen-bond donors (Lipinski definition) is 1. The van der Waals surface area contributed by atoms with Gasteiger partial charge in [0.25, 0.3) is 10.0 Å². The number of aromatic nitrogens is 3. The fourth-order valence-corrected chi connectivity index (χ4v) is 2.76. The summed E-state index contributed by atoms with van der Waals surface area (Å²) in [5.41, 5.74) is 0.318. The van der Waals surface area contributed by atoms with Crippen molar-refractivity contribution in [1.82, 2.24) is 14.8 Å².